The molecule has 0 radical (unpaired) electrons. The minimum absolute atomic E-state index is 0.157. The molecule has 0 amide bonds. The number of fused-ring (bicyclic) bond motifs is 1. The average Bonchev–Trinajstić information content (AvgIpc) is 2.84. The lowest BCUT2D eigenvalue weighted by Gasteiger charge is -2.09. The standard InChI is InChI=1S/C16H11ClFN3/c1-10-2-5-14(12(18)6-10)21-15-7-11(9-19)3-4-13(15)20-16(21)8-17/h2-7H,8H2,1H3. The van der Waals surface area contributed by atoms with E-state index in [0.29, 0.717) is 28.1 Å². The third kappa shape index (κ3) is 2.26. The number of benzene rings is 2. The Labute approximate surface area is 126 Å². The first-order chi connectivity index (χ1) is 10.1. The molecule has 0 saturated heterocycles. The molecule has 21 heavy (non-hydrogen) atoms. The second-order valence-corrected chi connectivity index (χ2v) is 5.03. The lowest BCUT2D eigenvalue weighted by atomic mass is 10.2. The van der Waals surface area contributed by atoms with Crippen molar-refractivity contribution in [3.63, 3.8) is 0 Å². The van der Waals surface area contributed by atoms with Crippen LogP contribution in [0.2, 0.25) is 0 Å². The van der Waals surface area contributed by atoms with E-state index >= 15 is 0 Å². The largest absolute Gasteiger partial charge is 0.292 e. The number of hydrogen-bond donors (Lipinski definition) is 0. The van der Waals surface area contributed by atoms with Gasteiger partial charge in [-0.1, -0.05) is 6.07 Å². The Balaban J connectivity index is 2.36. The number of rotatable bonds is 2. The normalized spacial score (nSPS) is 10.8. The number of aryl methyl sites for hydroxylation is 1. The van der Waals surface area contributed by atoms with Crippen LogP contribution in [0.1, 0.15) is 17.0 Å². The van der Waals surface area contributed by atoms with E-state index in [1.807, 2.05) is 13.0 Å². The van der Waals surface area contributed by atoms with Crippen molar-refractivity contribution in [1.82, 2.24) is 9.55 Å². The molecule has 3 nitrogen and oxygen atoms in total. The van der Waals surface area contributed by atoms with Gasteiger partial charge in [0, 0.05) is 0 Å². The molecule has 0 atom stereocenters. The summed E-state index contributed by atoms with van der Waals surface area (Å²) in [6, 6.07) is 12.2. The molecule has 0 spiro atoms. The van der Waals surface area contributed by atoms with Crippen molar-refractivity contribution >= 4 is 22.6 Å². The van der Waals surface area contributed by atoms with Gasteiger partial charge in [0.15, 0.2) is 0 Å². The van der Waals surface area contributed by atoms with Crippen molar-refractivity contribution in [2.75, 3.05) is 0 Å². The van der Waals surface area contributed by atoms with Gasteiger partial charge in [0.25, 0.3) is 0 Å². The summed E-state index contributed by atoms with van der Waals surface area (Å²) < 4.78 is 15.9. The maximum atomic E-state index is 14.3. The van der Waals surface area contributed by atoms with Crippen LogP contribution >= 0.6 is 11.6 Å². The van der Waals surface area contributed by atoms with E-state index in [1.54, 1.807) is 28.8 Å². The molecule has 3 rings (SSSR count). The summed E-state index contributed by atoms with van der Waals surface area (Å²) in [6.45, 7) is 1.83. The summed E-state index contributed by atoms with van der Waals surface area (Å²) in [5.41, 5.74) is 3.08. The molecule has 0 N–H and O–H groups in total. The Morgan fingerprint density at radius 1 is 1.29 bits per heavy atom. The van der Waals surface area contributed by atoms with Gasteiger partial charge in [-0.05, 0) is 42.8 Å². The van der Waals surface area contributed by atoms with Crippen LogP contribution < -0.4 is 0 Å². The zero-order chi connectivity index (χ0) is 15.0. The summed E-state index contributed by atoms with van der Waals surface area (Å²) in [4.78, 5) is 4.40. The summed E-state index contributed by atoms with van der Waals surface area (Å²) in [5, 5.41) is 9.03. The van der Waals surface area contributed by atoms with Crippen molar-refractivity contribution in [1.29, 1.82) is 5.26 Å². The molecule has 104 valence electrons. The number of aromatic nitrogens is 2. The number of alkyl halides is 1. The molecule has 0 aliphatic carbocycles. The van der Waals surface area contributed by atoms with Crippen LogP contribution in [0.5, 0.6) is 0 Å². The van der Waals surface area contributed by atoms with E-state index in [9.17, 15) is 4.39 Å². The smallest absolute Gasteiger partial charge is 0.147 e. The minimum atomic E-state index is -0.344. The highest BCUT2D eigenvalue weighted by molar-refractivity contribution is 6.17. The quantitative estimate of drug-likeness (QED) is 0.669. The SMILES string of the molecule is Cc1ccc(-n2c(CCl)nc3ccc(C#N)cc32)c(F)c1. The summed E-state index contributed by atoms with van der Waals surface area (Å²) in [6.07, 6.45) is 0. The molecule has 1 aromatic heterocycles. The van der Waals surface area contributed by atoms with Gasteiger partial charge in [0.1, 0.15) is 11.6 Å². The average molecular weight is 300 g/mol. The maximum absolute atomic E-state index is 14.3. The molecule has 0 fully saturated rings. The Hall–Kier alpha value is -2.38. The predicted octanol–water partition coefficient (Wildman–Crippen LogP) is 4.08. The molecule has 2 aromatic carbocycles. The molecule has 0 aliphatic heterocycles. The number of nitriles is 1. The highest BCUT2D eigenvalue weighted by atomic mass is 35.5. The third-order valence-corrected chi connectivity index (χ3v) is 3.56. The molecule has 0 unspecified atom stereocenters. The lowest BCUT2D eigenvalue weighted by molar-refractivity contribution is 0.616. The highest BCUT2D eigenvalue weighted by Crippen LogP contribution is 2.25. The van der Waals surface area contributed by atoms with Crippen LogP contribution in [0, 0.1) is 24.1 Å². The second kappa shape index (κ2) is 5.19. The fourth-order valence-corrected chi connectivity index (χ4v) is 2.53. The Morgan fingerprint density at radius 2 is 2.10 bits per heavy atom. The van der Waals surface area contributed by atoms with E-state index in [-0.39, 0.29) is 11.7 Å². The molecular weight excluding hydrogens is 289 g/mol. The fraction of sp³-hybridized carbons (Fsp3) is 0.125. The van der Waals surface area contributed by atoms with Gasteiger partial charge >= 0.3 is 0 Å². The van der Waals surface area contributed by atoms with E-state index < -0.39 is 0 Å². The van der Waals surface area contributed by atoms with Crippen molar-refractivity contribution in [2.24, 2.45) is 0 Å². The Bertz CT molecular complexity index is 877. The summed E-state index contributed by atoms with van der Waals surface area (Å²) in [5.74, 6) is 0.358. The first kappa shape index (κ1) is 13.6. The Morgan fingerprint density at radius 3 is 2.76 bits per heavy atom. The van der Waals surface area contributed by atoms with Gasteiger partial charge in [-0.2, -0.15) is 5.26 Å². The van der Waals surface area contributed by atoms with Crippen molar-refractivity contribution < 1.29 is 4.39 Å². The van der Waals surface area contributed by atoms with Gasteiger partial charge in [-0.15, -0.1) is 11.6 Å². The van der Waals surface area contributed by atoms with Crippen molar-refractivity contribution in [2.45, 2.75) is 12.8 Å². The van der Waals surface area contributed by atoms with Crippen LogP contribution in [0.3, 0.4) is 0 Å². The maximum Gasteiger partial charge on any atom is 0.147 e. The topological polar surface area (TPSA) is 41.6 Å². The summed E-state index contributed by atoms with van der Waals surface area (Å²) >= 11 is 5.94. The van der Waals surface area contributed by atoms with E-state index in [1.165, 1.54) is 6.07 Å². The van der Waals surface area contributed by atoms with E-state index in [2.05, 4.69) is 11.1 Å². The van der Waals surface area contributed by atoms with Gasteiger partial charge in [-0.25, -0.2) is 9.37 Å². The third-order valence-electron chi connectivity index (χ3n) is 3.32. The highest BCUT2D eigenvalue weighted by Gasteiger charge is 2.15. The molecule has 0 bridgehead atoms. The fourth-order valence-electron chi connectivity index (χ4n) is 2.35. The zero-order valence-electron chi connectivity index (χ0n) is 11.3. The van der Waals surface area contributed by atoms with E-state index in [4.69, 9.17) is 16.9 Å². The van der Waals surface area contributed by atoms with Gasteiger partial charge < -0.3 is 0 Å². The van der Waals surface area contributed by atoms with Crippen molar-refractivity contribution in [3.8, 4) is 11.8 Å². The molecule has 3 aromatic rings. The number of nitrogens with zero attached hydrogens (tertiary/aromatic N) is 3. The number of halogens is 2. The first-order valence-electron chi connectivity index (χ1n) is 6.38. The molecular formula is C16H11ClFN3. The minimum Gasteiger partial charge on any atom is -0.292 e. The monoisotopic (exact) mass is 299 g/mol. The van der Waals surface area contributed by atoms with E-state index in [0.717, 1.165) is 5.56 Å². The molecule has 5 heteroatoms. The van der Waals surface area contributed by atoms with Crippen LogP contribution in [0.4, 0.5) is 4.39 Å². The van der Waals surface area contributed by atoms with Crippen LogP contribution in [0.15, 0.2) is 36.4 Å². The van der Waals surface area contributed by atoms with Gasteiger partial charge in [0.05, 0.1) is 34.2 Å². The molecule has 0 saturated carbocycles. The van der Waals surface area contributed by atoms with Gasteiger partial charge in [0.2, 0.25) is 0 Å². The predicted molar refractivity (Wildman–Crippen MR) is 80.0 cm³/mol. The first-order valence-corrected chi connectivity index (χ1v) is 6.91. The number of imidazole rings is 1. The van der Waals surface area contributed by atoms with Crippen molar-refractivity contribution in [3.05, 3.63) is 59.2 Å². The van der Waals surface area contributed by atoms with Crippen LogP contribution in [-0.2, 0) is 5.88 Å². The van der Waals surface area contributed by atoms with Gasteiger partial charge in [-0.3, -0.25) is 4.57 Å². The lowest BCUT2D eigenvalue weighted by Crippen LogP contribution is -2.02. The van der Waals surface area contributed by atoms with Crippen LogP contribution in [0.25, 0.3) is 16.7 Å². The Kier molecular flexibility index (Phi) is 3.36. The zero-order valence-corrected chi connectivity index (χ0v) is 12.0. The number of hydrogen-bond acceptors (Lipinski definition) is 2. The molecule has 0 aliphatic rings. The second-order valence-electron chi connectivity index (χ2n) is 4.77. The molecule has 1 heterocycles. The summed E-state index contributed by atoms with van der Waals surface area (Å²) in [7, 11) is 0. The van der Waals surface area contributed by atoms with Crippen LogP contribution in [-0.4, -0.2) is 9.55 Å².